The molecule has 0 N–H and O–H groups in total. The first-order valence-corrected chi connectivity index (χ1v) is 10.2. The summed E-state index contributed by atoms with van der Waals surface area (Å²) in [5.41, 5.74) is 2.43. The van der Waals surface area contributed by atoms with E-state index in [4.69, 9.17) is 4.42 Å². The molecule has 2 atom stereocenters. The van der Waals surface area contributed by atoms with Crippen LogP contribution in [0.4, 0.5) is 4.39 Å². The number of hydrogen-bond acceptors (Lipinski definition) is 3. The second-order valence-corrected chi connectivity index (χ2v) is 8.14. The molecule has 0 spiro atoms. The first-order valence-electron chi connectivity index (χ1n) is 10.2. The van der Waals surface area contributed by atoms with Gasteiger partial charge < -0.3 is 9.32 Å². The number of halogens is 1. The number of aromatic nitrogens is 1. The van der Waals surface area contributed by atoms with Gasteiger partial charge in [-0.3, -0.25) is 9.36 Å². The van der Waals surface area contributed by atoms with Crippen LogP contribution in [0.5, 0.6) is 0 Å². The molecule has 2 unspecified atom stereocenters. The van der Waals surface area contributed by atoms with Crippen LogP contribution in [0, 0.1) is 5.82 Å². The zero-order valence-electron chi connectivity index (χ0n) is 16.1. The highest BCUT2D eigenvalue weighted by molar-refractivity contribution is 5.78. The second-order valence-electron chi connectivity index (χ2n) is 8.14. The van der Waals surface area contributed by atoms with Crippen molar-refractivity contribution in [1.29, 1.82) is 0 Å². The fraction of sp³-hybridized carbons (Fsp3) is 0.391. The predicted molar refractivity (Wildman–Crippen MR) is 107 cm³/mol. The normalized spacial score (nSPS) is 23.6. The molecule has 3 aromatic rings. The number of piperidine rings is 1. The Bertz CT molecular complexity index is 1090. The summed E-state index contributed by atoms with van der Waals surface area (Å²) < 4.78 is 20.0. The van der Waals surface area contributed by atoms with Gasteiger partial charge in [0.15, 0.2) is 5.58 Å². The molecule has 0 radical (unpaired) electrons. The number of aryl methyl sites for hydroxylation is 1. The third kappa shape index (κ3) is 3.26. The number of carbonyl (C=O) groups excluding carboxylic acids is 1. The molecule has 2 aliphatic rings. The lowest BCUT2D eigenvalue weighted by molar-refractivity contribution is -0.136. The van der Waals surface area contributed by atoms with Gasteiger partial charge in [-0.25, -0.2) is 9.18 Å². The zero-order chi connectivity index (χ0) is 20.0. The lowest BCUT2D eigenvalue weighted by Crippen LogP contribution is -2.46. The summed E-state index contributed by atoms with van der Waals surface area (Å²) >= 11 is 0. The van der Waals surface area contributed by atoms with Crippen LogP contribution in [0.3, 0.4) is 0 Å². The summed E-state index contributed by atoms with van der Waals surface area (Å²) in [5.74, 6) is -0.159. The molecule has 0 aliphatic carbocycles. The minimum Gasteiger partial charge on any atom is -0.408 e. The van der Waals surface area contributed by atoms with Crippen molar-refractivity contribution in [2.24, 2.45) is 0 Å². The number of hydrogen-bond donors (Lipinski definition) is 0. The van der Waals surface area contributed by atoms with Crippen LogP contribution in [0.1, 0.15) is 43.6 Å². The number of carbonyl (C=O) groups is 1. The number of para-hydroxylation sites is 2. The fourth-order valence-electron chi connectivity index (χ4n) is 5.15. The molecule has 2 aliphatic heterocycles. The maximum Gasteiger partial charge on any atom is 0.419 e. The smallest absolute Gasteiger partial charge is 0.408 e. The molecule has 5 nitrogen and oxygen atoms in total. The second kappa shape index (κ2) is 7.17. The molecule has 2 aromatic carbocycles. The molecule has 150 valence electrons. The Morgan fingerprint density at radius 3 is 2.45 bits per heavy atom. The molecule has 1 aromatic heterocycles. The van der Waals surface area contributed by atoms with Gasteiger partial charge >= 0.3 is 5.76 Å². The molecule has 2 saturated heterocycles. The van der Waals surface area contributed by atoms with E-state index in [1.54, 1.807) is 10.6 Å². The number of rotatable bonds is 4. The van der Waals surface area contributed by atoms with Crippen molar-refractivity contribution >= 4 is 17.0 Å². The molecule has 29 heavy (non-hydrogen) atoms. The van der Waals surface area contributed by atoms with E-state index in [9.17, 15) is 14.0 Å². The van der Waals surface area contributed by atoms with Gasteiger partial charge in [0.25, 0.3) is 0 Å². The first-order chi connectivity index (χ1) is 14.1. The Kier molecular flexibility index (Phi) is 4.49. The van der Waals surface area contributed by atoms with Crippen molar-refractivity contribution < 1.29 is 13.6 Å². The van der Waals surface area contributed by atoms with Gasteiger partial charge in [0.2, 0.25) is 5.91 Å². The topological polar surface area (TPSA) is 55.5 Å². The summed E-state index contributed by atoms with van der Waals surface area (Å²) in [6.45, 7) is 0.325. The molecule has 2 fully saturated rings. The predicted octanol–water partition coefficient (Wildman–Crippen LogP) is 4.06. The van der Waals surface area contributed by atoms with Gasteiger partial charge in [-0.05, 0) is 61.4 Å². The summed E-state index contributed by atoms with van der Waals surface area (Å²) in [6, 6.07) is 14.5. The minimum atomic E-state index is -0.419. The summed E-state index contributed by atoms with van der Waals surface area (Å²) in [5, 5.41) is 0. The maximum absolute atomic E-state index is 13.2. The molecule has 5 rings (SSSR count). The summed E-state index contributed by atoms with van der Waals surface area (Å²) in [7, 11) is 0. The van der Waals surface area contributed by atoms with E-state index in [1.807, 2.05) is 35.2 Å². The molecular formula is C23H23FN2O3. The molecule has 2 bridgehead atoms. The van der Waals surface area contributed by atoms with Gasteiger partial charge in [0.05, 0.1) is 5.52 Å². The van der Waals surface area contributed by atoms with Crippen LogP contribution in [-0.2, 0) is 11.3 Å². The Morgan fingerprint density at radius 1 is 1.03 bits per heavy atom. The molecular weight excluding hydrogens is 371 g/mol. The lowest BCUT2D eigenvalue weighted by atomic mass is 9.85. The van der Waals surface area contributed by atoms with Crippen LogP contribution >= 0.6 is 0 Å². The third-order valence-electron chi connectivity index (χ3n) is 6.49. The Hall–Kier alpha value is -2.89. The molecule has 3 heterocycles. The van der Waals surface area contributed by atoms with Crippen molar-refractivity contribution in [1.82, 2.24) is 9.47 Å². The molecule has 0 saturated carbocycles. The van der Waals surface area contributed by atoms with Gasteiger partial charge in [-0.15, -0.1) is 0 Å². The van der Waals surface area contributed by atoms with Crippen LogP contribution < -0.4 is 5.76 Å². The average molecular weight is 394 g/mol. The summed E-state index contributed by atoms with van der Waals surface area (Å²) in [6.07, 6.45) is 4.16. The number of fused-ring (bicyclic) bond motifs is 3. The zero-order valence-corrected chi connectivity index (χ0v) is 16.1. The van der Waals surface area contributed by atoms with Crippen molar-refractivity contribution in [3.8, 4) is 0 Å². The van der Waals surface area contributed by atoms with Gasteiger partial charge in [-0.1, -0.05) is 24.3 Å². The van der Waals surface area contributed by atoms with E-state index in [2.05, 4.69) is 0 Å². The standard InChI is InChI=1S/C23H23FN2O3/c24-17-7-5-15(6-8-17)16-13-18-9-10-19(14-16)26(18)22(27)11-12-25-20-3-1-2-4-21(20)29-23(25)28/h1-8,16,18-19H,9-14H2. The minimum absolute atomic E-state index is 0.104. The van der Waals surface area contributed by atoms with Gasteiger partial charge in [0.1, 0.15) is 5.82 Å². The first kappa shape index (κ1) is 18.2. The third-order valence-corrected chi connectivity index (χ3v) is 6.49. The van der Waals surface area contributed by atoms with Crippen LogP contribution in [0.25, 0.3) is 11.1 Å². The average Bonchev–Trinajstić information content (AvgIpc) is 3.19. The Morgan fingerprint density at radius 2 is 1.72 bits per heavy atom. The highest BCUT2D eigenvalue weighted by atomic mass is 19.1. The fourth-order valence-corrected chi connectivity index (χ4v) is 5.15. The van der Waals surface area contributed by atoms with E-state index in [-0.39, 0.29) is 30.2 Å². The van der Waals surface area contributed by atoms with E-state index in [0.29, 0.717) is 18.0 Å². The largest absolute Gasteiger partial charge is 0.419 e. The number of amides is 1. The lowest BCUT2D eigenvalue weighted by Gasteiger charge is -2.39. The number of oxazole rings is 1. The highest BCUT2D eigenvalue weighted by Crippen LogP contribution is 2.43. The Labute approximate surface area is 167 Å². The van der Waals surface area contributed by atoms with Crippen molar-refractivity contribution in [3.63, 3.8) is 0 Å². The molecule has 6 heteroatoms. The van der Waals surface area contributed by atoms with Gasteiger partial charge in [-0.2, -0.15) is 0 Å². The van der Waals surface area contributed by atoms with Crippen molar-refractivity contribution in [2.75, 3.05) is 0 Å². The van der Waals surface area contributed by atoms with Crippen molar-refractivity contribution in [2.45, 2.75) is 56.7 Å². The van der Waals surface area contributed by atoms with Crippen LogP contribution in [-0.4, -0.2) is 27.5 Å². The highest BCUT2D eigenvalue weighted by Gasteiger charge is 2.43. The SMILES string of the molecule is O=C(CCn1c(=O)oc2ccccc21)N1C2CCC1CC(c1ccc(F)cc1)C2. The Balaban J connectivity index is 1.28. The van der Waals surface area contributed by atoms with Crippen molar-refractivity contribution in [3.05, 3.63) is 70.5 Å². The van der Waals surface area contributed by atoms with E-state index >= 15 is 0 Å². The monoisotopic (exact) mass is 394 g/mol. The van der Waals surface area contributed by atoms with Crippen LogP contribution in [0.15, 0.2) is 57.7 Å². The van der Waals surface area contributed by atoms with Crippen LogP contribution in [0.2, 0.25) is 0 Å². The quantitative estimate of drug-likeness (QED) is 0.671. The molecule has 1 amide bonds. The van der Waals surface area contributed by atoms with E-state index < -0.39 is 5.76 Å². The maximum atomic E-state index is 13.2. The van der Waals surface area contributed by atoms with E-state index in [0.717, 1.165) is 36.8 Å². The summed E-state index contributed by atoms with van der Waals surface area (Å²) in [4.78, 5) is 27.2. The number of nitrogens with zero attached hydrogens (tertiary/aromatic N) is 2. The van der Waals surface area contributed by atoms with E-state index in [1.165, 1.54) is 12.1 Å². The van der Waals surface area contributed by atoms with Gasteiger partial charge in [0, 0.05) is 25.0 Å². The number of benzene rings is 2.